The Bertz CT molecular complexity index is 1590. The van der Waals surface area contributed by atoms with Crippen molar-refractivity contribution in [2.45, 2.75) is 38.9 Å². The van der Waals surface area contributed by atoms with E-state index in [4.69, 9.17) is 26.1 Å². The van der Waals surface area contributed by atoms with Crippen LogP contribution in [0.25, 0.3) is 32.7 Å². The zero-order valence-electron chi connectivity index (χ0n) is 23.8. The quantitative estimate of drug-likeness (QED) is 0.450. The minimum atomic E-state index is -1.11. The molecule has 0 bridgehead atoms. The van der Waals surface area contributed by atoms with E-state index in [9.17, 15) is 0 Å². The third-order valence-corrected chi connectivity index (χ3v) is 5.19. The molecule has 0 N–H and O–H groups in total. The summed E-state index contributed by atoms with van der Waals surface area (Å²) in [6, 6.07) is -3.83. The highest BCUT2D eigenvalue weighted by Crippen LogP contribution is 2.37. The second-order valence-corrected chi connectivity index (χ2v) is 7.39. The molecule has 0 amide bonds. The van der Waals surface area contributed by atoms with Crippen molar-refractivity contribution in [3.05, 3.63) is 54.4 Å². The van der Waals surface area contributed by atoms with Crippen molar-refractivity contribution in [3.63, 3.8) is 0 Å². The Morgan fingerprint density at radius 2 is 1.50 bits per heavy atom. The van der Waals surface area contributed by atoms with Crippen molar-refractivity contribution in [2.24, 2.45) is 0 Å². The zero-order valence-corrected chi connectivity index (χ0v) is 14.8. The van der Waals surface area contributed by atoms with Gasteiger partial charge in [-0.05, 0) is 50.6 Å². The van der Waals surface area contributed by atoms with Gasteiger partial charge in [-0.15, -0.1) is 0 Å². The third kappa shape index (κ3) is 2.16. The molecule has 1 aromatic heterocycles. The van der Waals surface area contributed by atoms with Crippen molar-refractivity contribution in [3.8, 4) is 0 Å². The van der Waals surface area contributed by atoms with Gasteiger partial charge in [0.2, 0.25) is 0 Å². The molecule has 1 aliphatic rings. The summed E-state index contributed by atoms with van der Waals surface area (Å²) in [5, 5.41) is -0.369. The van der Waals surface area contributed by atoms with E-state index >= 15 is 0 Å². The van der Waals surface area contributed by atoms with Gasteiger partial charge in [0, 0.05) is 16.2 Å². The minimum Gasteiger partial charge on any atom is -0.455 e. The average Bonchev–Trinajstić information content (AvgIpc) is 3.26. The van der Waals surface area contributed by atoms with E-state index in [1.165, 1.54) is 0 Å². The fourth-order valence-electron chi connectivity index (χ4n) is 3.00. The summed E-state index contributed by atoms with van der Waals surface area (Å²) in [5.41, 5.74) is -1.79. The number of benzene rings is 3. The van der Waals surface area contributed by atoms with Gasteiger partial charge in [0.1, 0.15) is 11.2 Å². The number of hydrogen-bond acceptors (Lipinski definition) is 3. The molecule has 4 heteroatoms. The monoisotopic (exact) mass is 353 g/mol. The van der Waals surface area contributed by atoms with Gasteiger partial charge in [-0.25, -0.2) is 0 Å². The van der Waals surface area contributed by atoms with Crippen molar-refractivity contribution in [2.75, 3.05) is 0 Å². The van der Waals surface area contributed by atoms with Crippen molar-refractivity contribution < 1.29 is 26.1 Å². The molecule has 2 heterocycles. The summed E-state index contributed by atoms with van der Waals surface area (Å²) in [7, 11) is -1.11. The summed E-state index contributed by atoms with van der Waals surface area (Å²) in [6.45, 7) is 7.29. The molecule has 130 valence electrons. The Labute approximate surface area is 165 Å². The standard InChI is InChI=1S/C22H21BO3/c1-21(2)22(3,4)26-23(25-21)15-10-12-17-18-11-9-14-7-5-6-8-16(14)20(18)24-19(17)13-15/h5-13H,1-4H3/i5D,6D,7D,8D,9D,10D,11D,12D,13D. The molecular formula is C22H21BO3. The number of fused-ring (bicyclic) bond motifs is 5. The second-order valence-electron chi connectivity index (χ2n) is 7.39. The van der Waals surface area contributed by atoms with Gasteiger partial charge >= 0.3 is 7.12 Å². The number of rotatable bonds is 1. The first-order chi connectivity index (χ1) is 16.1. The van der Waals surface area contributed by atoms with Crippen LogP contribution in [-0.4, -0.2) is 18.3 Å². The average molecular weight is 353 g/mol. The molecule has 0 unspecified atom stereocenters. The number of hydrogen-bond donors (Lipinski definition) is 0. The maximum Gasteiger partial charge on any atom is 0.494 e. The lowest BCUT2D eigenvalue weighted by molar-refractivity contribution is 0.00578. The molecule has 0 spiro atoms. The predicted octanol–water partition coefficient (Wildman–Crippen LogP) is 5.04. The van der Waals surface area contributed by atoms with E-state index < -0.39 is 54.6 Å². The Hall–Kier alpha value is -2.30. The molecule has 0 radical (unpaired) electrons. The lowest BCUT2D eigenvalue weighted by Gasteiger charge is -2.32. The van der Waals surface area contributed by atoms with Crippen LogP contribution in [0.2, 0.25) is 0 Å². The molecule has 26 heavy (non-hydrogen) atoms. The van der Waals surface area contributed by atoms with Gasteiger partial charge < -0.3 is 13.7 Å². The van der Waals surface area contributed by atoms with Gasteiger partial charge in [-0.1, -0.05) is 42.3 Å². The fourth-order valence-corrected chi connectivity index (χ4v) is 3.00. The van der Waals surface area contributed by atoms with Crippen LogP contribution < -0.4 is 5.46 Å². The van der Waals surface area contributed by atoms with Crippen molar-refractivity contribution >= 4 is 45.3 Å². The summed E-state index contributed by atoms with van der Waals surface area (Å²) in [5.74, 6) is 0. The van der Waals surface area contributed by atoms with Crippen LogP contribution in [0, 0.1) is 0 Å². The smallest absolute Gasteiger partial charge is 0.455 e. The van der Waals surface area contributed by atoms with Gasteiger partial charge in [-0.2, -0.15) is 0 Å². The van der Waals surface area contributed by atoms with Gasteiger partial charge in [0.15, 0.2) is 0 Å². The SMILES string of the molecule is [2H]c1c([2H])c([2H])c2c(c1[2H])c([2H])c([2H])c1c2oc2c([2H])c(B3OC(C)(C)C(C)(C)O3)c([2H])c([2H])c21. The first-order valence-electron chi connectivity index (χ1n) is 12.8. The molecular weight excluding hydrogens is 323 g/mol. The van der Waals surface area contributed by atoms with Crippen LogP contribution in [0.15, 0.2) is 58.8 Å². The van der Waals surface area contributed by atoms with Crippen LogP contribution in [0.4, 0.5) is 0 Å². The van der Waals surface area contributed by atoms with Crippen LogP contribution in [0.5, 0.6) is 0 Å². The Kier molecular flexibility index (Phi) is 1.79. The zero-order chi connectivity index (χ0) is 25.9. The highest BCUT2D eigenvalue weighted by Gasteiger charge is 2.51. The minimum absolute atomic E-state index is 0.0101. The molecule has 1 fully saturated rings. The van der Waals surface area contributed by atoms with E-state index in [2.05, 4.69) is 0 Å². The summed E-state index contributed by atoms with van der Waals surface area (Å²) >= 11 is 0. The van der Waals surface area contributed by atoms with Gasteiger partial charge in [0.05, 0.1) is 23.5 Å². The van der Waals surface area contributed by atoms with E-state index in [-0.39, 0.29) is 56.3 Å². The largest absolute Gasteiger partial charge is 0.494 e. The molecule has 3 nitrogen and oxygen atoms in total. The van der Waals surface area contributed by atoms with Crippen molar-refractivity contribution in [1.29, 1.82) is 0 Å². The summed E-state index contributed by atoms with van der Waals surface area (Å²) in [4.78, 5) is 0. The summed E-state index contributed by atoms with van der Waals surface area (Å²) in [6.07, 6.45) is 0. The van der Waals surface area contributed by atoms with E-state index in [0.29, 0.717) is 0 Å². The number of furan rings is 1. The molecule has 3 aromatic carbocycles. The molecule has 0 aliphatic carbocycles. The first kappa shape index (κ1) is 9.07. The Morgan fingerprint density at radius 3 is 2.27 bits per heavy atom. The molecule has 4 aromatic rings. The first-order valence-corrected chi connectivity index (χ1v) is 8.33. The van der Waals surface area contributed by atoms with E-state index in [0.717, 1.165) is 0 Å². The van der Waals surface area contributed by atoms with Gasteiger partial charge in [-0.3, -0.25) is 0 Å². The highest BCUT2D eigenvalue weighted by atomic mass is 16.7. The summed E-state index contributed by atoms with van der Waals surface area (Å²) < 4.78 is 93.8. The molecule has 1 saturated heterocycles. The third-order valence-electron chi connectivity index (χ3n) is 5.19. The molecule has 5 rings (SSSR count). The Balaban J connectivity index is 1.95. The molecule has 1 aliphatic heterocycles. The fraction of sp³-hybridized carbons (Fsp3) is 0.273. The van der Waals surface area contributed by atoms with Crippen molar-refractivity contribution in [1.82, 2.24) is 0 Å². The molecule has 0 atom stereocenters. The molecule has 0 saturated carbocycles. The Morgan fingerprint density at radius 1 is 0.808 bits per heavy atom. The lowest BCUT2D eigenvalue weighted by atomic mass is 9.79. The van der Waals surface area contributed by atoms with E-state index in [1.807, 2.05) is 27.7 Å². The van der Waals surface area contributed by atoms with Crippen LogP contribution in [0.3, 0.4) is 0 Å². The van der Waals surface area contributed by atoms with Crippen LogP contribution in [-0.2, 0) is 9.31 Å². The maximum atomic E-state index is 8.82. The predicted molar refractivity (Wildman–Crippen MR) is 107 cm³/mol. The highest BCUT2D eigenvalue weighted by molar-refractivity contribution is 6.62. The maximum absolute atomic E-state index is 8.82. The second kappa shape index (κ2) is 5.12. The van der Waals surface area contributed by atoms with Crippen LogP contribution in [0.1, 0.15) is 40.0 Å². The topological polar surface area (TPSA) is 31.6 Å². The lowest BCUT2D eigenvalue weighted by Crippen LogP contribution is -2.41. The van der Waals surface area contributed by atoms with Crippen LogP contribution >= 0.6 is 0 Å². The van der Waals surface area contributed by atoms with Gasteiger partial charge in [0.25, 0.3) is 0 Å². The normalized spacial score (nSPS) is 23.8. The van der Waals surface area contributed by atoms with E-state index in [1.54, 1.807) is 0 Å².